The van der Waals surface area contributed by atoms with E-state index in [0.717, 1.165) is 51.6 Å². The van der Waals surface area contributed by atoms with Gasteiger partial charge in [-0.05, 0) is 43.0 Å². The molecule has 2 N–H and O–H groups in total. The zero-order valence-corrected chi connectivity index (χ0v) is 16.9. The molecule has 29 heavy (non-hydrogen) atoms. The van der Waals surface area contributed by atoms with E-state index < -0.39 is 0 Å². The number of aromatic nitrogens is 4. The third-order valence-electron chi connectivity index (χ3n) is 5.71. The van der Waals surface area contributed by atoms with Gasteiger partial charge in [-0.25, -0.2) is 25.3 Å². The van der Waals surface area contributed by atoms with E-state index >= 15 is 0 Å². The van der Waals surface area contributed by atoms with Gasteiger partial charge in [-0.2, -0.15) is 0 Å². The molecule has 9 heteroatoms. The van der Waals surface area contributed by atoms with Crippen LogP contribution in [0.25, 0.3) is 15.9 Å². The molecule has 148 valence electrons. The predicted octanol–water partition coefficient (Wildman–Crippen LogP) is 3.22. The quantitative estimate of drug-likeness (QED) is 0.538. The molecule has 0 aliphatic carbocycles. The Balaban J connectivity index is 1.33. The predicted molar refractivity (Wildman–Crippen MR) is 109 cm³/mol. The number of thiophene rings is 1. The Bertz CT molecular complexity index is 1250. The van der Waals surface area contributed by atoms with Crippen LogP contribution in [0.5, 0.6) is 11.5 Å². The normalized spacial score (nSPS) is 20.9. The monoisotopic (exact) mass is 408 g/mol. The van der Waals surface area contributed by atoms with E-state index in [-0.39, 0.29) is 18.9 Å². The third-order valence-corrected chi connectivity index (χ3v) is 6.77. The topological polar surface area (TPSA) is 85.6 Å². The summed E-state index contributed by atoms with van der Waals surface area (Å²) in [5, 5.41) is 5.85. The van der Waals surface area contributed by atoms with Crippen LogP contribution in [0.3, 0.4) is 0 Å². The maximum atomic E-state index is 5.51. The van der Waals surface area contributed by atoms with E-state index in [2.05, 4.69) is 35.7 Å². The van der Waals surface area contributed by atoms with Crippen molar-refractivity contribution in [3.8, 4) is 11.5 Å². The minimum absolute atomic E-state index is 0.0187. The molecule has 0 radical (unpaired) electrons. The maximum absolute atomic E-state index is 5.51. The van der Waals surface area contributed by atoms with Gasteiger partial charge >= 0.3 is 0 Å². The fraction of sp³-hybridized carbons (Fsp3) is 0.350. The molecule has 6 rings (SSSR count). The van der Waals surface area contributed by atoms with Gasteiger partial charge in [-0.15, -0.1) is 16.4 Å². The van der Waals surface area contributed by atoms with E-state index in [1.165, 1.54) is 10.4 Å². The fourth-order valence-corrected chi connectivity index (χ4v) is 5.31. The van der Waals surface area contributed by atoms with Crippen molar-refractivity contribution in [1.82, 2.24) is 30.4 Å². The van der Waals surface area contributed by atoms with Gasteiger partial charge in [0.2, 0.25) is 6.79 Å². The second-order valence-corrected chi connectivity index (χ2v) is 8.60. The second-order valence-electron chi connectivity index (χ2n) is 7.40. The number of hydrazine groups is 1. The minimum Gasteiger partial charge on any atom is -0.454 e. The Hall–Kier alpha value is -2.75. The highest BCUT2D eigenvalue weighted by Crippen LogP contribution is 2.38. The summed E-state index contributed by atoms with van der Waals surface area (Å²) in [6, 6.07) is 6.24. The number of nitrogens with one attached hydrogen (secondary N) is 2. The average Bonchev–Trinajstić information content (AvgIpc) is 3.49. The first kappa shape index (κ1) is 17.1. The average molecular weight is 408 g/mol. The van der Waals surface area contributed by atoms with E-state index in [1.807, 2.05) is 12.1 Å². The molecule has 1 aromatic carbocycles. The van der Waals surface area contributed by atoms with Crippen molar-refractivity contribution in [2.75, 3.05) is 6.79 Å². The van der Waals surface area contributed by atoms with Gasteiger partial charge in [-0.3, -0.25) is 0 Å². The molecule has 8 nitrogen and oxygen atoms in total. The van der Waals surface area contributed by atoms with Gasteiger partial charge in [0.25, 0.3) is 0 Å². The molecular formula is C20H20N6O2S. The van der Waals surface area contributed by atoms with Crippen LogP contribution in [0.4, 0.5) is 0 Å². The maximum Gasteiger partial charge on any atom is 0.231 e. The van der Waals surface area contributed by atoms with Crippen molar-refractivity contribution >= 4 is 27.2 Å². The molecule has 0 bridgehead atoms. The first-order valence-electron chi connectivity index (χ1n) is 9.75. The first-order chi connectivity index (χ1) is 14.2. The lowest BCUT2D eigenvalue weighted by molar-refractivity contribution is 0.174. The molecule has 2 unspecified atom stereocenters. The highest BCUT2D eigenvalue weighted by atomic mass is 32.1. The standard InChI is InChI=1S/C20H20N6O2S/c1-3-12-10(2)29-20-17(12)19-22-18(25-26(19)8-21-20)14-7-13(23-24-14)11-4-5-15-16(6-11)28-9-27-15/h4-6,8,13-14,23-24H,3,7,9H2,1-2H3. The highest BCUT2D eigenvalue weighted by molar-refractivity contribution is 7.18. The highest BCUT2D eigenvalue weighted by Gasteiger charge is 2.30. The smallest absolute Gasteiger partial charge is 0.231 e. The largest absolute Gasteiger partial charge is 0.454 e. The third kappa shape index (κ3) is 2.61. The molecular weight excluding hydrogens is 388 g/mol. The molecule has 2 aliphatic rings. The van der Waals surface area contributed by atoms with Gasteiger partial charge in [-0.1, -0.05) is 13.0 Å². The summed E-state index contributed by atoms with van der Waals surface area (Å²) in [5.41, 5.74) is 10.1. The molecule has 2 atom stereocenters. The minimum atomic E-state index is 0.0187. The number of benzene rings is 1. The fourth-order valence-electron chi connectivity index (χ4n) is 4.23. The number of ether oxygens (including phenoxy) is 2. The number of aryl methyl sites for hydroxylation is 2. The summed E-state index contributed by atoms with van der Waals surface area (Å²) in [6.07, 6.45) is 3.57. The van der Waals surface area contributed by atoms with Crippen LogP contribution in [0.1, 0.15) is 47.3 Å². The van der Waals surface area contributed by atoms with Crippen molar-refractivity contribution in [2.45, 2.75) is 38.8 Å². The molecule has 0 saturated carbocycles. The first-order valence-corrected chi connectivity index (χ1v) is 10.6. The number of fused-ring (bicyclic) bond motifs is 4. The van der Waals surface area contributed by atoms with Crippen LogP contribution < -0.4 is 20.3 Å². The number of rotatable bonds is 3. The van der Waals surface area contributed by atoms with Crippen LogP contribution in [0.15, 0.2) is 24.5 Å². The van der Waals surface area contributed by atoms with Crippen molar-refractivity contribution in [3.63, 3.8) is 0 Å². The molecule has 1 fully saturated rings. The zero-order chi connectivity index (χ0) is 19.5. The summed E-state index contributed by atoms with van der Waals surface area (Å²) in [5.74, 6) is 2.38. The van der Waals surface area contributed by atoms with Gasteiger partial charge in [0, 0.05) is 10.9 Å². The summed E-state index contributed by atoms with van der Waals surface area (Å²) in [7, 11) is 0. The Kier molecular flexibility index (Phi) is 3.77. The zero-order valence-electron chi connectivity index (χ0n) is 16.1. The second kappa shape index (κ2) is 6.38. The Morgan fingerprint density at radius 3 is 2.97 bits per heavy atom. The van der Waals surface area contributed by atoms with Gasteiger partial charge in [0.1, 0.15) is 11.2 Å². The van der Waals surface area contributed by atoms with Crippen molar-refractivity contribution in [3.05, 3.63) is 46.4 Å². The lowest BCUT2D eigenvalue weighted by Crippen LogP contribution is -2.27. The Morgan fingerprint density at radius 1 is 1.21 bits per heavy atom. The molecule has 3 aromatic heterocycles. The van der Waals surface area contributed by atoms with Crippen molar-refractivity contribution < 1.29 is 9.47 Å². The molecule has 4 aromatic rings. The summed E-state index contributed by atoms with van der Waals surface area (Å²) >= 11 is 1.72. The van der Waals surface area contributed by atoms with Crippen molar-refractivity contribution in [2.24, 2.45) is 0 Å². The van der Waals surface area contributed by atoms with Crippen LogP contribution >= 0.6 is 11.3 Å². The molecule has 2 aliphatic heterocycles. The van der Waals surface area contributed by atoms with Crippen LogP contribution in [0, 0.1) is 6.92 Å². The van der Waals surface area contributed by atoms with Gasteiger partial charge in [0.05, 0.1) is 11.4 Å². The lowest BCUT2D eigenvalue weighted by Gasteiger charge is -2.10. The van der Waals surface area contributed by atoms with E-state index in [0.29, 0.717) is 0 Å². The van der Waals surface area contributed by atoms with Crippen LogP contribution in [-0.4, -0.2) is 26.4 Å². The molecule has 1 saturated heterocycles. The summed E-state index contributed by atoms with van der Waals surface area (Å²) in [6.45, 7) is 4.61. The van der Waals surface area contributed by atoms with Crippen LogP contribution in [-0.2, 0) is 6.42 Å². The summed E-state index contributed by atoms with van der Waals surface area (Å²) in [4.78, 5) is 11.8. The Morgan fingerprint density at radius 2 is 2.07 bits per heavy atom. The number of hydrogen-bond donors (Lipinski definition) is 2. The van der Waals surface area contributed by atoms with Crippen LogP contribution in [0.2, 0.25) is 0 Å². The van der Waals surface area contributed by atoms with E-state index in [9.17, 15) is 0 Å². The Labute approximate surface area is 170 Å². The van der Waals surface area contributed by atoms with Crippen molar-refractivity contribution in [1.29, 1.82) is 0 Å². The molecule has 0 amide bonds. The SMILES string of the molecule is CCc1c(C)sc2ncn3nc(C4CC(c5ccc6c(c5)OCO6)NN4)nc3c12. The lowest BCUT2D eigenvalue weighted by atomic mass is 10.0. The van der Waals surface area contributed by atoms with E-state index in [1.54, 1.807) is 22.2 Å². The summed E-state index contributed by atoms with van der Waals surface area (Å²) < 4.78 is 12.7. The van der Waals surface area contributed by atoms with Gasteiger partial charge in [0.15, 0.2) is 23.0 Å². The molecule has 5 heterocycles. The van der Waals surface area contributed by atoms with Gasteiger partial charge < -0.3 is 9.47 Å². The molecule has 0 spiro atoms. The number of hydrogen-bond acceptors (Lipinski definition) is 8. The number of nitrogens with zero attached hydrogens (tertiary/aromatic N) is 4. The van der Waals surface area contributed by atoms with E-state index in [4.69, 9.17) is 19.6 Å².